The molecule has 0 saturated carbocycles. The Labute approximate surface area is 177 Å². The number of carbonyl (C=O) groups is 1. The molecule has 3 rings (SSSR count). The molecule has 0 amide bonds. The van der Waals surface area contributed by atoms with Gasteiger partial charge in [0.25, 0.3) is 0 Å². The monoisotopic (exact) mass is 422 g/mol. The van der Waals surface area contributed by atoms with Crippen molar-refractivity contribution in [1.82, 2.24) is 0 Å². The third-order valence-corrected chi connectivity index (χ3v) is 8.61. The van der Waals surface area contributed by atoms with Crippen LogP contribution in [0.15, 0.2) is 84.9 Å². The van der Waals surface area contributed by atoms with E-state index in [9.17, 15) is 19.4 Å². The van der Waals surface area contributed by atoms with E-state index in [2.05, 4.69) is 0 Å². The molecule has 3 aromatic carbocycles. The molecule has 0 spiro atoms. The third kappa shape index (κ3) is 3.98. The fraction of sp³-hybridized carbons (Fsp3) is 0.240. The van der Waals surface area contributed by atoms with Crippen LogP contribution < -0.4 is 0 Å². The summed E-state index contributed by atoms with van der Waals surface area (Å²) in [7, 11) is -3.99. The van der Waals surface area contributed by atoms with Crippen LogP contribution in [0.25, 0.3) is 10.8 Å². The summed E-state index contributed by atoms with van der Waals surface area (Å²) >= 11 is 0. The smallest absolute Gasteiger partial charge is 0.312 e. The van der Waals surface area contributed by atoms with Gasteiger partial charge >= 0.3 is 5.97 Å². The molecule has 3 aromatic rings. The molecule has 3 atom stereocenters. The second kappa shape index (κ2) is 8.99. The van der Waals surface area contributed by atoms with Gasteiger partial charge in [-0.1, -0.05) is 91.9 Å². The van der Waals surface area contributed by atoms with Crippen molar-refractivity contribution in [3.63, 3.8) is 0 Å². The highest BCUT2D eigenvalue weighted by atomic mass is 31.2. The lowest BCUT2D eigenvalue weighted by molar-refractivity contribution is -0.139. The van der Waals surface area contributed by atoms with Crippen LogP contribution in [0.2, 0.25) is 0 Å². The Morgan fingerprint density at radius 2 is 1.67 bits per heavy atom. The largest absolute Gasteiger partial charge is 0.481 e. The molecule has 0 aliphatic carbocycles. The first kappa shape index (κ1) is 22.0. The summed E-state index contributed by atoms with van der Waals surface area (Å²) < 4.78 is 13.9. The van der Waals surface area contributed by atoms with Crippen LogP contribution in [0.4, 0.5) is 0 Å². The van der Waals surface area contributed by atoms with Gasteiger partial charge in [-0.05, 0) is 35.2 Å². The Kier molecular flexibility index (Phi) is 6.60. The molecule has 0 heterocycles. The Hall–Kier alpha value is -2.68. The zero-order valence-electron chi connectivity index (χ0n) is 17.2. The summed E-state index contributed by atoms with van der Waals surface area (Å²) in [5.74, 6) is -2.27. The van der Waals surface area contributed by atoms with Crippen molar-refractivity contribution in [2.45, 2.75) is 37.5 Å². The van der Waals surface area contributed by atoms with Gasteiger partial charge in [0.15, 0.2) is 0 Å². The standard InChI is InChI=1S/C25H27O4P/c1-3-17-25(4-2,30(28,29)18-19-11-6-5-7-12-19)23(24(26)27)22-16-10-14-20-13-8-9-15-21(20)22/h3,5-17,23H,4,18H2,1-2H3,(H,26,27)(H,28,29). The van der Waals surface area contributed by atoms with Gasteiger partial charge in [-0.2, -0.15) is 0 Å². The maximum atomic E-state index is 13.9. The van der Waals surface area contributed by atoms with Gasteiger partial charge in [-0.15, -0.1) is 0 Å². The molecule has 4 nitrogen and oxygen atoms in total. The summed E-state index contributed by atoms with van der Waals surface area (Å²) in [6.45, 7) is 3.55. The van der Waals surface area contributed by atoms with Crippen molar-refractivity contribution in [2.24, 2.45) is 0 Å². The van der Waals surface area contributed by atoms with Crippen LogP contribution in [-0.2, 0) is 15.5 Å². The first-order valence-corrected chi connectivity index (χ1v) is 11.9. The Morgan fingerprint density at radius 1 is 1.03 bits per heavy atom. The van der Waals surface area contributed by atoms with Crippen LogP contribution in [0.1, 0.15) is 37.3 Å². The first-order valence-electron chi connectivity index (χ1n) is 10.1. The topological polar surface area (TPSA) is 74.6 Å². The number of aliphatic carboxylic acids is 1. The molecule has 0 fully saturated rings. The van der Waals surface area contributed by atoms with Gasteiger partial charge < -0.3 is 10.00 Å². The minimum absolute atomic E-state index is 0.0828. The summed E-state index contributed by atoms with van der Waals surface area (Å²) in [5.41, 5.74) is 1.27. The summed E-state index contributed by atoms with van der Waals surface area (Å²) in [5, 5.41) is 10.6. The molecule has 0 radical (unpaired) electrons. The zero-order valence-corrected chi connectivity index (χ0v) is 18.1. The highest BCUT2D eigenvalue weighted by Gasteiger charge is 2.53. The SMILES string of the molecule is CC=CC(CC)(C(C(=O)O)c1cccc2ccccc12)P(=O)(O)Cc1ccccc1. The highest BCUT2D eigenvalue weighted by Crippen LogP contribution is 2.65. The Bertz CT molecular complexity index is 1100. The molecular formula is C25H27O4P. The van der Waals surface area contributed by atoms with Crippen LogP contribution in [0.3, 0.4) is 0 Å². The van der Waals surface area contributed by atoms with Gasteiger partial charge in [-0.25, -0.2) is 0 Å². The van der Waals surface area contributed by atoms with Crippen molar-refractivity contribution in [2.75, 3.05) is 0 Å². The van der Waals surface area contributed by atoms with E-state index >= 15 is 0 Å². The molecule has 30 heavy (non-hydrogen) atoms. The van der Waals surface area contributed by atoms with Crippen LogP contribution >= 0.6 is 7.37 Å². The number of hydrogen-bond donors (Lipinski definition) is 2. The molecule has 0 aliphatic rings. The molecule has 156 valence electrons. The van der Waals surface area contributed by atoms with E-state index < -0.39 is 24.4 Å². The Balaban J connectivity index is 2.25. The van der Waals surface area contributed by atoms with Crippen LogP contribution in [0, 0.1) is 0 Å². The van der Waals surface area contributed by atoms with Gasteiger partial charge in [0.05, 0.1) is 11.3 Å². The normalized spacial score (nSPS) is 16.8. The lowest BCUT2D eigenvalue weighted by atomic mass is 9.81. The van der Waals surface area contributed by atoms with Crippen molar-refractivity contribution < 1.29 is 19.4 Å². The molecule has 5 heteroatoms. The molecule has 0 aromatic heterocycles. The summed E-state index contributed by atoms with van der Waals surface area (Å²) in [6, 6.07) is 22.1. The van der Waals surface area contributed by atoms with E-state index in [-0.39, 0.29) is 12.6 Å². The number of allylic oxidation sites excluding steroid dienone is 2. The van der Waals surface area contributed by atoms with E-state index in [0.717, 1.165) is 10.8 Å². The van der Waals surface area contributed by atoms with E-state index in [1.807, 2.05) is 54.6 Å². The lowest BCUT2D eigenvalue weighted by Gasteiger charge is -2.39. The number of hydrogen-bond acceptors (Lipinski definition) is 2. The van der Waals surface area contributed by atoms with E-state index in [0.29, 0.717) is 11.1 Å². The zero-order chi connectivity index (χ0) is 21.8. The quantitative estimate of drug-likeness (QED) is 0.335. The molecule has 0 aliphatic heterocycles. The van der Waals surface area contributed by atoms with Crippen molar-refractivity contribution in [3.8, 4) is 0 Å². The molecule has 0 saturated heterocycles. The minimum Gasteiger partial charge on any atom is -0.481 e. The number of benzene rings is 3. The maximum absolute atomic E-state index is 13.9. The predicted molar refractivity (Wildman–Crippen MR) is 122 cm³/mol. The Morgan fingerprint density at radius 3 is 2.30 bits per heavy atom. The van der Waals surface area contributed by atoms with Crippen molar-refractivity contribution in [1.29, 1.82) is 0 Å². The van der Waals surface area contributed by atoms with E-state index in [4.69, 9.17) is 0 Å². The number of carboxylic acid groups (broad SMARTS) is 1. The van der Waals surface area contributed by atoms with Gasteiger partial charge in [-0.3, -0.25) is 9.36 Å². The van der Waals surface area contributed by atoms with Gasteiger partial charge in [0.1, 0.15) is 5.92 Å². The number of rotatable bonds is 8. The van der Waals surface area contributed by atoms with Crippen LogP contribution in [-0.4, -0.2) is 21.1 Å². The third-order valence-electron chi connectivity index (χ3n) is 5.79. The minimum atomic E-state index is -3.99. The lowest BCUT2D eigenvalue weighted by Crippen LogP contribution is -2.39. The highest BCUT2D eigenvalue weighted by molar-refractivity contribution is 7.59. The van der Waals surface area contributed by atoms with E-state index in [1.165, 1.54) is 0 Å². The first-order chi connectivity index (χ1) is 14.4. The van der Waals surface area contributed by atoms with E-state index in [1.54, 1.807) is 44.2 Å². The summed E-state index contributed by atoms with van der Waals surface area (Å²) in [4.78, 5) is 24.1. The molecule has 3 unspecified atom stereocenters. The van der Waals surface area contributed by atoms with Gasteiger partial charge in [0.2, 0.25) is 7.37 Å². The molecule has 2 N–H and O–H groups in total. The van der Waals surface area contributed by atoms with Gasteiger partial charge in [0, 0.05) is 0 Å². The maximum Gasteiger partial charge on any atom is 0.312 e. The fourth-order valence-electron chi connectivity index (χ4n) is 4.37. The second-order valence-corrected chi connectivity index (χ2v) is 10.1. The summed E-state index contributed by atoms with van der Waals surface area (Å²) in [6.07, 6.45) is 3.47. The predicted octanol–water partition coefficient (Wildman–Crippen LogP) is 6.20. The number of carboxylic acids is 1. The van der Waals surface area contributed by atoms with Crippen LogP contribution in [0.5, 0.6) is 0 Å². The second-order valence-electron chi connectivity index (χ2n) is 7.53. The number of fused-ring (bicyclic) bond motifs is 1. The average Bonchev–Trinajstić information content (AvgIpc) is 2.73. The van der Waals surface area contributed by atoms with Crippen molar-refractivity contribution >= 4 is 24.1 Å². The molecule has 0 bridgehead atoms. The molecular weight excluding hydrogens is 395 g/mol. The van der Waals surface area contributed by atoms with Crippen molar-refractivity contribution in [3.05, 3.63) is 96.1 Å². The fourth-order valence-corrected chi connectivity index (χ4v) is 6.90. The average molecular weight is 422 g/mol.